The van der Waals surface area contributed by atoms with Crippen LogP contribution >= 0.6 is 11.8 Å². The largest absolute Gasteiger partial charge is 0.377 e. The maximum Gasteiger partial charge on any atom is 0.0655 e. The lowest BCUT2D eigenvalue weighted by Crippen LogP contribution is -2.36. The van der Waals surface area contributed by atoms with Gasteiger partial charge >= 0.3 is 0 Å². The van der Waals surface area contributed by atoms with Crippen LogP contribution in [-0.4, -0.2) is 25.4 Å². The van der Waals surface area contributed by atoms with Gasteiger partial charge in [-0.3, -0.25) is 0 Å². The van der Waals surface area contributed by atoms with E-state index in [-0.39, 0.29) is 21.7 Å². The topological polar surface area (TPSA) is 18.5 Å². The van der Waals surface area contributed by atoms with Crippen molar-refractivity contribution in [2.75, 3.05) is 13.2 Å². The highest BCUT2D eigenvalue weighted by molar-refractivity contribution is 8.01. The van der Waals surface area contributed by atoms with Crippen LogP contribution in [0.15, 0.2) is 60.7 Å². The summed E-state index contributed by atoms with van der Waals surface area (Å²) in [6.07, 6.45) is 0.395. The molecule has 3 heteroatoms. The minimum Gasteiger partial charge on any atom is -0.377 e. The second kappa shape index (κ2) is 9.77. The van der Waals surface area contributed by atoms with E-state index in [0.717, 1.165) is 0 Å². The van der Waals surface area contributed by atoms with Crippen molar-refractivity contribution < 1.29 is 9.47 Å². The van der Waals surface area contributed by atoms with Crippen LogP contribution in [0.25, 0.3) is 0 Å². The Morgan fingerprint density at radius 2 is 1.00 bits per heavy atom. The molecule has 0 radical (unpaired) electrons. The molecule has 2 aromatic rings. The quantitative estimate of drug-likeness (QED) is 0.471. The lowest BCUT2D eigenvalue weighted by molar-refractivity contribution is 0.0569. The summed E-state index contributed by atoms with van der Waals surface area (Å²) in [5.41, 5.74) is 2.56. The predicted molar refractivity (Wildman–Crippen MR) is 117 cm³/mol. The molecule has 0 fully saturated rings. The normalized spacial score (nSPS) is 16.3. The van der Waals surface area contributed by atoms with Gasteiger partial charge in [-0.15, -0.1) is 11.8 Å². The van der Waals surface area contributed by atoms with Gasteiger partial charge in [0.15, 0.2) is 0 Å². The van der Waals surface area contributed by atoms with Gasteiger partial charge in [0.1, 0.15) is 0 Å². The second-order valence-electron chi connectivity index (χ2n) is 8.02. The van der Waals surface area contributed by atoms with E-state index in [4.69, 9.17) is 9.47 Å². The molecule has 0 N–H and O–H groups in total. The number of rotatable bonds is 10. The zero-order valence-corrected chi connectivity index (χ0v) is 18.4. The van der Waals surface area contributed by atoms with Gasteiger partial charge < -0.3 is 9.47 Å². The first-order chi connectivity index (χ1) is 12.8. The molecule has 0 aromatic heterocycles. The highest BCUT2D eigenvalue weighted by Gasteiger charge is 2.39. The smallest absolute Gasteiger partial charge is 0.0655 e. The van der Waals surface area contributed by atoms with E-state index in [2.05, 4.69) is 102 Å². The molecule has 27 heavy (non-hydrogen) atoms. The van der Waals surface area contributed by atoms with Crippen LogP contribution in [0.5, 0.6) is 0 Å². The van der Waals surface area contributed by atoms with Crippen molar-refractivity contribution in [2.45, 2.75) is 63.2 Å². The molecule has 2 rings (SSSR count). The molecule has 0 aliphatic rings. The lowest BCUT2D eigenvalue weighted by atomic mass is 10.00. The third kappa shape index (κ3) is 6.38. The summed E-state index contributed by atoms with van der Waals surface area (Å²) in [5, 5.41) is 0. The van der Waals surface area contributed by atoms with Crippen molar-refractivity contribution in [3.63, 3.8) is 0 Å². The summed E-state index contributed by atoms with van der Waals surface area (Å²) in [7, 11) is 0. The van der Waals surface area contributed by atoms with Crippen LogP contribution in [0, 0.1) is 0 Å². The first kappa shape index (κ1) is 22.0. The number of hydrogen-bond acceptors (Lipinski definition) is 3. The Labute approximate surface area is 169 Å². The summed E-state index contributed by atoms with van der Waals surface area (Å²) < 4.78 is 11.8. The zero-order valence-electron chi connectivity index (χ0n) is 17.6. The molecular weight excluding hydrogens is 352 g/mol. The van der Waals surface area contributed by atoms with Gasteiger partial charge in [0.25, 0.3) is 0 Å². The van der Waals surface area contributed by atoms with Crippen LogP contribution in [0.1, 0.15) is 52.7 Å². The first-order valence-corrected chi connectivity index (χ1v) is 10.6. The Morgan fingerprint density at radius 1 is 0.667 bits per heavy atom. The van der Waals surface area contributed by atoms with Crippen molar-refractivity contribution in [1.29, 1.82) is 0 Å². The van der Waals surface area contributed by atoms with Crippen molar-refractivity contribution in [3.8, 4) is 0 Å². The van der Waals surface area contributed by atoms with Gasteiger partial charge in [0.2, 0.25) is 0 Å². The maximum atomic E-state index is 6.11. The maximum absolute atomic E-state index is 6.11. The van der Waals surface area contributed by atoms with Crippen molar-refractivity contribution in [1.82, 2.24) is 0 Å². The Hall–Kier alpha value is -1.29. The SMILES string of the molecule is CC(C)OCC(C)(SC(C)(COC(C)C)c1ccccc1)c1ccccc1. The zero-order chi connectivity index (χ0) is 19.9. The monoisotopic (exact) mass is 386 g/mol. The molecule has 148 valence electrons. The van der Waals surface area contributed by atoms with Gasteiger partial charge in [-0.25, -0.2) is 0 Å². The fourth-order valence-corrected chi connectivity index (χ4v) is 4.83. The first-order valence-electron chi connectivity index (χ1n) is 9.79. The van der Waals surface area contributed by atoms with E-state index in [1.165, 1.54) is 11.1 Å². The number of ether oxygens (including phenoxy) is 2. The van der Waals surface area contributed by atoms with Crippen molar-refractivity contribution in [3.05, 3.63) is 71.8 Å². The number of benzene rings is 2. The van der Waals surface area contributed by atoms with Crippen LogP contribution in [0.2, 0.25) is 0 Å². The molecule has 0 aliphatic carbocycles. The molecule has 0 aliphatic heterocycles. The van der Waals surface area contributed by atoms with Crippen LogP contribution in [0.4, 0.5) is 0 Å². The summed E-state index contributed by atoms with van der Waals surface area (Å²) in [4.78, 5) is 0. The van der Waals surface area contributed by atoms with E-state index in [1.807, 2.05) is 11.8 Å². The van der Waals surface area contributed by atoms with E-state index in [1.54, 1.807) is 0 Å². The molecule has 2 atom stereocenters. The third-order valence-corrected chi connectivity index (χ3v) is 6.21. The third-order valence-electron chi connectivity index (χ3n) is 4.60. The summed E-state index contributed by atoms with van der Waals surface area (Å²) in [6.45, 7) is 14.2. The minimum absolute atomic E-state index is 0.184. The van der Waals surface area contributed by atoms with Crippen LogP contribution < -0.4 is 0 Å². The minimum atomic E-state index is -0.184. The molecule has 2 aromatic carbocycles. The Kier molecular flexibility index (Phi) is 7.96. The Morgan fingerprint density at radius 3 is 1.30 bits per heavy atom. The molecular formula is C24H34O2S. The molecule has 2 nitrogen and oxygen atoms in total. The molecule has 0 heterocycles. The fraction of sp³-hybridized carbons (Fsp3) is 0.500. The van der Waals surface area contributed by atoms with E-state index < -0.39 is 0 Å². The highest BCUT2D eigenvalue weighted by Crippen LogP contribution is 2.49. The summed E-state index contributed by atoms with van der Waals surface area (Å²) >= 11 is 1.93. The Bertz CT molecular complexity index is 612. The van der Waals surface area contributed by atoms with E-state index >= 15 is 0 Å². The van der Waals surface area contributed by atoms with Gasteiger partial charge in [0.05, 0.1) is 34.9 Å². The van der Waals surface area contributed by atoms with Gasteiger partial charge in [-0.2, -0.15) is 0 Å². The molecule has 0 saturated carbocycles. The fourth-order valence-electron chi connectivity index (χ4n) is 3.07. The van der Waals surface area contributed by atoms with Gasteiger partial charge in [-0.1, -0.05) is 60.7 Å². The molecule has 0 spiro atoms. The number of thioether (sulfide) groups is 1. The predicted octanol–water partition coefficient (Wildman–Crippen LogP) is 6.40. The highest BCUT2D eigenvalue weighted by atomic mass is 32.2. The van der Waals surface area contributed by atoms with Crippen LogP contribution in [-0.2, 0) is 19.0 Å². The average molecular weight is 387 g/mol. The second-order valence-corrected chi connectivity index (χ2v) is 10.0. The average Bonchev–Trinajstić information content (AvgIpc) is 2.66. The molecule has 0 amide bonds. The van der Waals surface area contributed by atoms with E-state index in [0.29, 0.717) is 13.2 Å². The summed E-state index contributed by atoms with van der Waals surface area (Å²) in [6, 6.07) is 21.4. The van der Waals surface area contributed by atoms with Crippen molar-refractivity contribution >= 4 is 11.8 Å². The Balaban J connectivity index is 2.39. The van der Waals surface area contributed by atoms with Crippen LogP contribution in [0.3, 0.4) is 0 Å². The standard InChI is InChI=1S/C24H34O2S/c1-19(2)25-17-23(5,21-13-9-7-10-14-21)27-24(6,18-26-20(3)4)22-15-11-8-12-16-22/h7-16,19-20H,17-18H2,1-6H3. The molecule has 0 bridgehead atoms. The lowest BCUT2D eigenvalue weighted by Gasteiger charge is -2.40. The molecule has 2 unspecified atom stereocenters. The van der Waals surface area contributed by atoms with Crippen molar-refractivity contribution in [2.24, 2.45) is 0 Å². The van der Waals surface area contributed by atoms with Gasteiger partial charge in [0, 0.05) is 0 Å². The number of hydrogen-bond donors (Lipinski definition) is 0. The van der Waals surface area contributed by atoms with Gasteiger partial charge in [-0.05, 0) is 52.7 Å². The van der Waals surface area contributed by atoms with E-state index in [9.17, 15) is 0 Å². The summed E-state index contributed by atoms with van der Waals surface area (Å²) in [5.74, 6) is 0. The molecule has 0 saturated heterocycles.